The van der Waals surface area contributed by atoms with E-state index >= 15 is 0 Å². The zero-order valence-corrected chi connectivity index (χ0v) is 21.6. The molecule has 10 heteroatoms. The Morgan fingerprint density at radius 1 is 1.26 bits per heavy atom. The minimum atomic E-state index is -0.295. The van der Waals surface area contributed by atoms with E-state index in [-0.39, 0.29) is 24.6 Å². The Hall–Kier alpha value is -2.29. The van der Waals surface area contributed by atoms with E-state index in [2.05, 4.69) is 46.4 Å². The third-order valence-electron chi connectivity index (χ3n) is 6.67. The fraction of sp³-hybridized carbons (Fsp3) is 0.750. The van der Waals surface area contributed by atoms with Gasteiger partial charge in [0.05, 0.1) is 11.9 Å². The van der Waals surface area contributed by atoms with Gasteiger partial charge in [-0.15, -0.1) is 17.5 Å². The number of nitrogens with one attached hydrogen (secondary N) is 2. The Balaban J connectivity index is 0.00000408. The van der Waals surface area contributed by atoms with Crippen LogP contribution in [0, 0.1) is 17.8 Å². The molecule has 0 bridgehead atoms. The molecule has 2 heterocycles. The van der Waals surface area contributed by atoms with Gasteiger partial charge in [0.25, 0.3) is 0 Å². The van der Waals surface area contributed by atoms with Crippen molar-refractivity contribution in [3.8, 4) is 0 Å². The number of hydrogen-bond acceptors (Lipinski definition) is 6. The van der Waals surface area contributed by atoms with Crippen molar-refractivity contribution in [3.05, 3.63) is 23.8 Å². The van der Waals surface area contributed by atoms with E-state index < -0.39 is 0 Å². The topological polar surface area (TPSA) is 124 Å². The van der Waals surface area contributed by atoms with E-state index in [9.17, 15) is 4.79 Å². The lowest BCUT2D eigenvalue weighted by molar-refractivity contribution is 0.00620. The molecular formula is C24H42ClN7O2. The number of halogens is 1. The molecule has 0 saturated heterocycles. The fourth-order valence-corrected chi connectivity index (χ4v) is 4.73. The number of carbonyl (C=O) groups excluding carboxylic acids is 1. The second-order valence-electron chi connectivity index (χ2n) is 9.88. The van der Waals surface area contributed by atoms with Gasteiger partial charge >= 0.3 is 6.09 Å². The third kappa shape index (κ3) is 9.16. The normalized spacial score (nSPS) is 20.2. The first-order valence-corrected chi connectivity index (χ1v) is 12.5. The van der Waals surface area contributed by atoms with Crippen LogP contribution in [0.2, 0.25) is 0 Å². The molecule has 0 radical (unpaired) electrons. The number of carbonyl (C=O) groups is 1. The number of alkyl carbamates (subject to hydrolysis) is 1. The number of unbranched alkanes of at least 4 members (excludes halogenated alkanes) is 2. The number of hydrogen-bond donors (Lipinski definition) is 3. The van der Waals surface area contributed by atoms with Crippen LogP contribution < -0.4 is 11.1 Å². The first-order chi connectivity index (χ1) is 15.9. The van der Waals surface area contributed by atoms with Crippen LogP contribution in [0.3, 0.4) is 0 Å². The first-order valence-electron chi connectivity index (χ1n) is 12.5. The van der Waals surface area contributed by atoms with Gasteiger partial charge in [0.15, 0.2) is 5.95 Å². The Morgan fingerprint density at radius 2 is 2.06 bits per heavy atom. The highest BCUT2D eigenvalue weighted by molar-refractivity contribution is 5.85. The van der Waals surface area contributed by atoms with E-state index in [1.807, 2.05) is 10.9 Å². The van der Waals surface area contributed by atoms with E-state index in [0.717, 1.165) is 69.3 Å². The number of H-pyrrole nitrogens is 1. The summed E-state index contributed by atoms with van der Waals surface area (Å²) >= 11 is 0. The Labute approximate surface area is 209 Å². The summed E-state index contributed by atoms with van der Waals surface area (Å²) in [5.41, 5.74) is 7.69. The van der Waals surface area contributed by atoms with Gasteiger partial charge in [0.2, 0.25) is 0 Å². The van der Waals surface area contributed by atoms with Crippen LogP contribution in [-0.2, 0) is 24.1 Å². The standard InChI is InChI=1S/C24H41N7O2.ClH/c1-17(2)21-11-10-18(3)14-22(21)33-24(32)26-12-7-13-31-16-20(29-30-31)9-6-4-5-8-19-15-27-23(25)28-19;/h15-18,21-22H,4-14H2,1-3H3,(H,26,32)(H3,25,27,28);1H/t18-,21+,22-;/m1./s1. The highest BCUT2D eigenvalue weighted by atomic mass is 35.5. The summed E-state index contributed by atoms with van der Waals surface area (Å²) in [6, 6.07) is 0. The molecular weight excluding hydrogens is 454 g/mol. The zero-order chi connectivity index (χ0) is 23.6. The maximum Gasteiger partial charge on any atom is 0.407 e. The minimum absolute atomic E-state index is 0. The summed E-state index contributed by atoms with van der Waals surface area (Å²) in [6.45, 7) is 7.98. The van der Waals surface area contributed by atoms with Crippen molar-refractivity contribution in [1.29, 1.82) is 0 Å². The van der Waals surface area contributed by atoms with E-state index in [1.165, 1.54) is 6.42 Å². The van der Waals surface area contributed by atoms with Crippen molar-refractivity contribution in [2.24, 2.45) is 17.8 Å². The van der Waals surface area contributed by atoms with Gasteiger partial charge in [0.1, 0.15) is 6.10 Å². The number of amides is 1. The van der Waals surface area contributed by atoms with Crippen LogP contribution >= 0.6 is 12.4 Å². The average Bonchev–Trinajstić information content (AvgIpc) is 3.39. The molecule has 0 aliphatic heterocycles. The average molecular weight is 496 g/mol. The van der Waals surface area contributed by atoms with Crippen LogP contribution in [0.15, 0.2) is 12.4 Å². The van der Waals surface area contributed by atoms with Crippen molar-refractivity contribution >= 4 is 24.4 Å². The zero-order valence-electron chi connectivity index (χ0n) is 20.8. The maximum absolute atomic E-state index is 12.3. The SMILES string of the molecule is CC(C)[C@@H]1CC[C@@H](C)C[C@H]1OC(=O)NCCCn1cc(CCCCCc2cnc(N)[nH]2)nn1.Cl. The molecule has 192 valence electrons. The van der Waals surface area contributed by atoms with Gasteiger partial charge in [-0.1, -0.05) is 38.8 Å². The summed E-state index contributed by atoms with van der Waals surface area (Å²) in [5, 5.41) is 11.4. The van der Waals surface area contributed by atoms with Gasteiger partial charge in [-0.25, -0.2) is 9.78 Å². The molecule has 0 aromatic carbocycles. The molecule has 0 spiro atoms. The molecule has 34 heavy (non-hydrogen) atoms. The number of ether oxygens (including phenoxy) is 1. The van der Waals surface area contributed by atoms with Gasteiger partial charge in [-0.3, -0.25) is 4.68 Å². The molecule has 1 fully saturated rings. The second-order valence-corrected chi connectivity index (χ2v) is 9.88. The Kier molecular flexibility index (Phi) is 11.7. The number of nitrogens with two attached hydrogens (primary N) is 1. The largest absolute Gasteiger partial charge is 0.446 e. The molecule has 1 aliphatic rings. The number of aryl methyl sites for hydroxylation is 3. The molecule has 1 aliphatic carbocycles. The minimum Gasteiger partial charge on any atom is -0.446 e. The quantitative estimate of drug-likeness (QED) is 0.371. The lowest BCUT2D eigenvalue weighted by Crippen LogP contribution is -2.39. The lowest BCUT2D eigenvalue weighted by Gasteiger charge is -2.36. The Bertz CT molecular complexity index is 854. The molecule has 1 saturated carbocycles. The van der Waals surface area contributed by atoms with Crippen molar-refractivity contribution in [1.82, 2.24) is 30.3 Å². The summed E-state index contributed by atoms with van der Waals surface area (Å²) in [7, 11) is 0. The second kappa shape index (κ2) is 14.2. The number of aromatic nitrogens is 5. The number of nitrogens with zero attached hydrogens (tertiary/aromatic N) is 4. The van der Waals surface area contributed by atoms with Crippen LogP contribution in [0.5, 0.6) is 0 Å². The maximum atomic E-state index is 12.3. The summed E-state index contributed by atoms with van der Waals surface area (Å²) in [5.74, 6) is 2.10. The highest BCUT2D eigenvalue weighted by Crippen LogP contribution is 2.35. The number of imidazole rings is 1. The molecule has 2 aromatic heterocycles. The summed E-state index contributed by atoms with van der Waals surface area (Å²) in [4.78, 5) is 19.4. The Morgan fingerprint density at radius 3 is 2.79 bits per heavy atom. The van der Waals surface area contributed by atoms with Crippen molar-refractivity contribution in [2.75, 3.05) is 12.3 Å². The van der Waals surface area contributed by atoms with Crippen molar-refractivity contribution in [2.45, 2.75) is 91.2 Å². The number of aromatic amines is 1. The summed E-state index contributed by atoms with van der Waals surface area (Å²) in [6.07, 6.45) is 12.8. The van der Waals surface area contributed by atoms with Crippen molar-refractivity contribution in [3.63, 3.8) is 0 Å². The smallest absolute Gasteiger partial charge is 0.407 e. The third-order valence-corrected chi connectivity index (χ3v) is 6.67. The molecule has 1 amide bonds. The molecule has 3 rings (SSSR count). The molecule has 0 unspecified atom stereocenters. The lowest BCUT2D eigenvalue weighted by atomic mass is 9.75. The van der Waals surface area contributed by atoms with E-state index in [4.69, 9.17) is 10.5 Å². The predicted molar refractivity (Wildman–Crippen MR) is 136 cm³/mol. The van der Waals surface area contributed by atoms with E-state index in [1.54, 1.807) is 6.20 Å². The number of nitrogen functional groups attached to an aromatic ring is 1. The number of rotatable bonds is 12. The van der Waals surface area contributed by atoms with Crippen LogP contribution in [0.25, 0.3) is 0 Å². The van der Waals surface area contributed by atoms with Crippen LogP contribution in [0.4, 0.5) is 10.7 Å². The van der Waals surface area contributed by atoms with Crippen LogP contribution in [0.1, 0.15) is 77.1 Å². The predicted octanol–water partition coefficient (Wildman–Crippen LogP) is 4.54. The van der Waals surface area contributed by atoms with Gasteiger partial charge in [-0.2, -0.15) is 0 Å². The van der Waals surface area contributed by atoms with Gasteiger partial charge in [0, 0.05) is 25.0 Å². The fourth-order valence-electron chi connectivity index (χ4n) is 4.73. The number of anilines is 1. The summed E-state index contributed by atoms with van der Waals surface area (Å²) < 4.78 is 7.64. The van der Waals surface area contributed by atoms with E-state index in [0.29, 0.717) is 30.2 Å². The van der Waals surface area contributed by atoms with Gasteiger partial charge < -0.3 is 20.8 Å². The molecule has 9 nitrogen and oxygen atoms in total. The molecule has 3 atom stereocenters. The first kappa shape index (κ1) is 28.0. The molecule has 2 aromatic rings. The monoisotopic (exact) mass is 495 g/mol. The van der Waals surface area contributed by atoms with Gasteiger partial charge in [-0.05, 0) is 62.7 Å². The molecule has 4 N–H and O–H groups in total. The van der Waals surface area contributed by atoms with Crippen molar-refractivity contribution < 1.29 is 9.53 Å². The highest BCUT2D eigenvalue weighted by Gasteiger charge is 2.33. The van der Waals surface area contributed by atoms with Crippen LogP contribution in [-0.4, -0.2) is 43.7 Å².